The van der Waals surface area contributed by atoms with Crippen LogP contribution in [0.3, 0.4) is 0 Å². The van der Waals surface area contributed by atoms with Crippen LogP contribution in [-0.2, 0) is 26.1 Å². The minimum absolute atomic E-state index is 0.158. The van der Waals surface area contributed by atoms with E-state index >= 15 is 0 Å². The van der Waals surface area contributed by atoms with Gasteiger partial charge in [0.05, 0.1) is 7.11 Å². The topological polar surface area (TPSA) is 72.3 Å². The van der Waals surface area contributed by atoms with Gasteiger partial charge < -0.3 is 14.6 Å². The monoisotopic (exact) mass is 417 g/mol. The van der Waals surface area contributed by atoms with Gasteiger partial charge in [0, 0.05) is 39.1 Å². The molecule has 1 fully saturated rings. The highest BCUT2D eigenvalue weighted by molar-refractivity contribution is 5.90. The number of methoxy groups -OCH3 is 1. The third kappa shape index (κ3) is 4.18. The van der Waals surface area contributed by atoms with Gasteiger partial charge in [-0.3, -0.25) is 9.69 Å². The lowest BCUT2D eigenvalue weighted by Gasteiger charge is -2.25. The Bertz CT molecular complexity index is 1050. The summed E-state index contributed by atoms with van der Waals surface area (Å²) in [6.45, 7) is 4.31. The van der Waals surface area contributed by atoms with Crippen LogP contribution < -0.4 is 10.1 Å². The van der Waals surface area contributed by atoms with Gasteiger partial charge >= 0.3 is 0 Å². The van der Waals surface area contributed by atoms with Crippen molar-refractivity contribution < 1.29 is 9.53 Å². The molecule has 0 aliphatic carbocycles. The number of likely N-dealkylation sites (tertiary alicyclic amines) is 1. The molecule has 7 heteroatoms. The molecule has 3 heterocycles. The van der Waals surface area contributed by atoms with Crippen molar-refractivity contribution in [2.24, 2.45) is 11.8 Å². The van der Waals surface area contributed by atoms with Gasteiger partial charge in [-0.1, -0.05) is 42.5 Å². The number of rotatable bonds is 6. The lowest BCUT2D eigenvalue weighted by molar-refractivity contribution is 0.0932. The highest BCUT2D eigenvalue weighted by Gasteiger charge is 2.39. The number of hydrogen-bond acceptors (Lipinski definition) is 5. The van der Waals surface area contributed by atoms with Gasteiger partial charge in [-0.2, -0.15) is 0 Å². The molecule has 7 nitrogen and oxygen atoms in total. The Hall–Kier alpha value is -3.19. The van der Waals surface area contributed by atoms with E-state index in [0.29, 0.717) is 24.2 Å². The molecule has 5 rings (SSSR count). The maximum atomic E-state index is 12.7. The van der Waals surface area contributed by atoms with Crippen molar-refractivity contribution in [2.75, 3.05) is 20.2 Å². The lowest BCUT2D eigenvalue weighted by Crippen LogP contribution is -2.32. The van der Waals surface area contributed by atoms with Crippen LogP contribution in [0.4, 0.5) is 0 Å². The average Bonchev–Trinajstić information content (AvgIpc) is 3.39. The molecule has 0 bridgehead atoms. The maximum Gasteiger partial charge on any atom is 0.289 e. The number of aromatic nitrogens is 3. The van der Waals surface area contributed by atoms with E-state index in [0.717, 1.165) is 49.7 Å². The van der Waals surface area contributed by atoms with E-state index in [9.17, 15) is 4.79 Å². The Morgan fingerprint density at radius 2 is 1.77 bits per heavy atom. The summed E-state index contributed by atoms with van der Waals surface area (Å²) in [5.41, 5.74) is 2.36. The van der Waals surface area contributed by atoms with Crippen molar-refractivity contribution in [1.29, 1.82) is 0 Å². The second-order valence-electron chi connectivity index (χ2n) is 8.49. The predicted molar refractivity (Wildman–Crippen MR) is 117 cm³/mol. The number of hydrogen-bond donors (Lipinski definition) is 1. The van der Waals surface area contributed by atoms with Crippen molar-refractivity contribution in [2.45, 2.75) is 26.1 Å². The third-order valence-corrected chi connectivity index (χ3v) is 6.41. The van der Waals surface area contributed by atoms with E-state index in [1.165, 1.54) is 5.56 Å². The van der Waals surface area contributed by atoms with Gasteiger partial charge in [0.1, 0.15) is 11.6 Å². The minimum Gasteiger partial charge on any atom is -0.497 e. The molecule has 1 aromatic heterocycles. The summed E-state index contributed by atoms with van der Waals surface area (Å²) in [5.74, 6) is 3.16. The largest absolute Gasteiger partial charge is 0.497 e. The lowest BCUT2D eigenvalue weighted by atomic mass is 9.89. The number of carbonyl (C=O) groups is 1. The van der Waals surface area contributed by atoms with Crippen molar-refractivity contribution in [3.8, 4) is 5.75 Å². The highest BCUT2D eigenvalue weighted by Crippen LogP contribution is 2.33. The van der Waals surface area contributed by atoms with E-state index in [2.05, 4.69) is 32.5 Å². The van der Waals surface area contributed by atoms with Crippen LogP contribution in [0, 0.1) is 11.8 Å². The number of carbonyl (C=O) groups excluding carboxylic acids is 1. The Morgan fingerprint density at radius 1 is 1.00 bits per heavy atom. The summed E-state index contributed by atoms with van der Waals surface area (Å²) in [6, 6.07) is 18.2. The third-order valence-electron chi connectivity index (χ3n) is 6.41. The fourth-order valence-electron chi connectivity index (χ4n) is 4.76. The van der Waals surface area contributed by atoms with Gasteiger partial charge in [-0.15, -0.1) is 10.2 Å². The zero-order chi connectivity index (χ0) is 21.2. The number of nitrogens with zero attached hydrogens (tertiary/aromatic N) is 4. The Labute approximate surface area is 182 Å². The second kappa shape index (κ2) is 8.51. The first-order chi connectivity index (χ1) is 15.2. The summed E-state index contributed by atoms with van der Waals surface area (Å²) in [5, 5.41) is 11.5. The molecular weight excluding hydrogens is 390 g/mol. The van der Waals surface area contributed by atoms with Crippen molar-refractivity contribution in [3.05, 3.63) is 77.4 Å². The van der Waals surface area contributed by atoms with E-state index in [1.807, 2.05) is 47.0 Å². The Kier molecular flexibility index (Phi) is 5.42. The minimum atomic E-state index is -0.158. The number of amides is 1. The molecular formula is C24H27N5O2. The van der Waals surface area contributed by atoms with E-state index in [4.69, 9.17) is 4.74 Å². The molecule has 1 saturated heterocycles. The molecule has 0 spiro atoms. The predicted octanol–water partition coefficient (Wildman–Crippen LogP) is 2.52. The van der Waals surface area contributed by atoms with Crippen LogP contribution in [0.1, 0.15) is 27.6 Å². The maximum absolute atomic E-state index is 12.7. The molecule has 2 aliphatic heterocycles. The zero-order valence-electron chi connectivity index (χ0n) is 17.7. The molecule has 0 unspecified atom stereocenters. The smallest absolute Gasteiger partial charge is 0.289 e. The van der Waals surface area contributed by atoms with Crippen LogP contribution in [0.2, 0.25) is 0 Å². The fourth-order valence-corrected chi connectivity index (χ4v) is 4.76. The Balaban J connectivity index is 1.22. The highest BCUT2D eigenvalue weighted by atomic mass is 16.5. The molecule has 2 aromatic carbocycles. The molecule has 1 N–H and O–H groups in total. The van der Waals surface area contributed by atoms with E-state index in [1.54, 1.807) is 7.11 Å². The van der Waals surface area contributed by atoms with Gasteiger partial charge in [-0.05, 0) is 35.1 Å². The average molecular weight is 418 g/mol. The quantitative estimate of drug-likeness (QED) is 0.667. The van der Waals surface area contributed by atoms with Gasteiger partial charge in [0.2, 0.25) is 5.82 Å². The molecule has 0 radical (unpaired) electrons. The summed E-state index contributed by atoms with van der Waals surface area (Å²) >= 11 is 0. The summed E-state index contributed by atoms with van der Waals surface area (Å²) in [7, 11) is 1.69. The van der Waals surface area contributed by atoms with Crippen LogP contribution >= 0.6 is 0 Å². The number of benzene rings is 2. The SMILES string of the molecule is COc1ccc(CN2C[C@@H]3Cn4c(nnc4C(=O)NCc4ccccc4)C[C@H]3C2)cc1. The van der Waals surface area contributed by atoms with E-state index in [-0.39, 0.29) is 5.91 Å². The molecule has 160 valence electrons. The first kappa shape index (κ1) is 19.8. The van der Waals surface area contributed by atoms with Crippen molar-refractivity contribution in [3.63, 3.8) is 0 Å². The number of ether oxygens (including phenoxy) is 1. The molecule has 1 amide bonds. The first-order valence-corrected chi connectivity index (χ1v) is 10.8. The van der Waals surface area contributed by atoms with Crippen LogP contribution in [0.5, 0.6) is 5.75 Å². The first-order valence-electron chi connectivity index (χ1n) is 10.8. The van der Waals surface area contributed by atoms with Crippen LogP contribution in [-0.4, -0.2) is 45.8 Å². The second-order valence-corrected chi connectivity index (χ2v) is 8.49. The fraction of sp³-hybridized carbons (Fsp3) is 0.375. The standard InChI is InChI=1S/C24H27N5O2/c1-31-21-9-7-18(8-10-21)13-28-14-19-11-22-26-27-23(29(22)16-20(19)15-28)24(30)25-12-17-5-3-2-4-6-17/h2-10,19-20H,11-16H2,1H3,(H,25,30)/t19-,20+/m0/s1. The number of fused-ring (bicyclic) bond motifs is 2. The summed E-state index contributed by atoms with van der Waals surface area (Å²) in [6.07, 6.45) is 0.878. The zero-order valence-corrected chi connectivity index (χ0v) is 17.7. The Morgan fingerprint density at radius 3 is 2.55 bits per heavy atom. The van der Waals surface area contributed by atoms with E-state index < -0.39 is 0 Å². The molecule has 0 saturated carbocycles. The number of nitrogens with one attached hydrogen (secondary N) is 1. The van der Waals surface area contributed by atoms with Gasteiger partial charge in [-0.25, -0.2) is 0 Å². The molecule has 2 aliphatic rings. The van der Waals surface area contributed by atoms with Gasteiger partial charge in [0.15, 0.2) is 0 Å². The molecule has 3 aromatic rings. The summed E-state index contributed by atoms with van der Waals surface area (Å²) in [4.78, 5) is 15.3. The van der Waals surface area contributed by atoms with Crippen molar-refractivity contribution >= 4 is 5.91 Å². The van der Waals surface area contributed by atoms with Crippen LogP contribution in [0.15, 0.2) is 54.6 Å². The van der Waals surface area contributed by atoms with Gasteiger partial charge in [0.25, 0.3) is 5.91 Å². The summed E-state index contributed by atoms with van der Waals surface area (Å²) < 4.78 is 7.28. The normalized spacial score (nSPS) is 20.2. The van der Waals surface area contributed by atoms with Crippen LogP contribution in [0.25, 0.3) is 0 Å². The van der Waals surface area contributed by atoms with Crippen molar-refractivity contribution in [1.82, 2.24) is 25.0 Å². The molecule has 31 heavy (non-hydrogen) atoms. The molecule has 2 atom stereocenters.